The SMILES string of the molecule is COc1ccccc1S(=O)CCCC#N. The summed E-state index contributed by atoms with van der Waals surface area (Å²) in [5, 5.41) is 8.38. The van der Waals surface area contributed by atoms with E-state index in [0.29, 0.717) is 29.2 Å². The van der Waals surface area contributed by atoms with Crippen LogP contribution < -0.4 is 4.74 Å². The Balaban J connectivity index is 2.69. The Kier molecular flexibility index (Phi) is 4.85. The molecule has 0 radical (unpaired) electrons. The summed E-state index contributed by atoms with van der Waals surface area (Å²) in [6, 6.07) is 9.30. The van der Waals surface area contributed by atoms with Crippen molar-refractivity contribution < 1.29 is 8.95 Å². The molecule has 0 amide bonds. The molecule has 80 valence electrons. The highest BCUT2D eigenvalue weighted by molar-refractivity contribution is 7.85. The molecule has 0 aliphatic heterocycles. The second-order valence-electron chi connectivity index (χ2n) is 2.96. The van der Waals surface area contributed by atoms with Gasteiger partial charge in [0.2, 0.25) is 0 Å². The van der Waals surface area contributed by atoms with Crippen LogP contribution in [-0.4, -0.2) is 17.1 Å². The molecule has 0 saturated heterocycles. The van der Waals surface area contributed by atoms with Gasteiger partial charge >= 0.3 is 0 Å². The minimum atomic E-state index is -1.07. The lowest BCUT2D eigenvalue weighted by atomic mass is 10.3. The van der Waals surface area contributed by atoms with Crippen LogP contribution >= 0.6 is 0 Å². The smallest absolute Gasteiger partial charge is 0.134 e. The summed E-state index contributed by atoms with van der Waals surface area (Å²) >= 11 is 0. The zero-order valence-corrected chi connectivity index (χ0v) is 9.42. The molecule has 0 aromatic heterocycles. The van der Waals surface area contributed by atoms with Crippen LogP contribution in [0.25, 0.3) is 0 Å². The predicted octanol–water partition coefficient (Wildman–Crippen LogP) is 2.11. The molecule has 3 nitrogen and oxygen atoms in total. The largest absolute Gasteiger partial charge is 0.495 e. The number of nitriles is 1. The summed E-state index contributed by atoms with van der Waals surface area (Å²) in [5.41, 5.74) is 0. The zero-order chi connectivity index (χ0) is 11.1. The van der Waals surface area contributed by atoms with E-state index in [0.717, 1.165) is 0 Å². The monoisotopic (exact) mass is 223 g/mol. The fraction of sp³-hybridized carbons (Fsp3) is 0.364. The Hall–Kier alpha value is -1.34. The van der Waals surface area contributed by atoms with Gasteiger partial charge in [0.25, 0.3) is 0 Å². The van der Waals surface area contributed by atoms with Crippen LogP contribution in [0.5, 0.6) is 5.75 Å². The van der Waals surface area contributed by atoms with E-state index >= 15 is 0 Å². The average Bonchev–Trinajstić information content (AvgIpc) is 2.29. The third kappa shape index (κ3) is 3.37. The summed E-state index contributed by atoms with van der Waals surface area (Å²) in [6.45, 7) is 0. The highest BCUT2D eigenvalue weighted by Gasteiger charge is 2.08. The highest BCUT2D eigenvalue weighted by Crippen LogP contribution is 2.21. The topological polar surface area (TPSA) is 50.1 Å². The Labute approximate surface area is 92.1 Å². The number of rotatable bonds is 5. The van der Waals surface area contributed by atoms with E-state index in [1.807, 2.05) is 18.2 Å². The minimum Gasteiger partial charge on any atom is -0.495 e. The maximum absolute atomic E-state index is 11.8. The van der Waals surface area contributed by atoms with Crippen molar-refractivity contribution in [3.63, 3.8) is 0 Å². The van der Waals surface area contributed by atoms with Crippen LogP contribution in [0.15, 0.2) is 29.2 Å². The van der Waals surface area contributed by atoms with Gasteiger partial charge in [0.05, 0.1) is 28.9 Å². The van der Waals surface area contributed by atoms with Crippen LogP contribution in [0, 0.1) is 11.3 Å². The molecule has 0 heterocycles. The first kappa shape index (κ1) is 11.7. The fourth-order valence-corrected chi connectivity index (χ4v) is 2.43. The lowest BCUT2D eigenvalue weighted by Gasteiger charge is -2.06. The Bertz CT molecular complexity index is 384. The Morgan fingerprint density at radius 2 is 2.20 bits per heavy atom. The molecule has 0 spiro atoms. The maximum atomic E-state index is 11.8. The van der Waals surface area contributed by atoms with Crippen molar-refractivity contribution in [1.29, 1.82) is 5.26 Å². The summed E-state index contributed by atoms with van der Waals surface area (Å²) in [6.07, 6.45) is 1.10. The first-order valence-electron chi connectivity index (χ1n) is 4.68. The number of hydrogen-bond acceptors (Lipinski definition) is 3. The van der Waals surface area contributed by atoms with Gasteiger partial charge in [0.1, 0.15) is 5.75 Å². The van der Waals surface area contributed by atoms with Gasteiger partial charge in [-0.3, -0.25) is 4.21 Å². The molecule has 0 fully saturated rings. The maximum Gasteiger partial charge on any atom is 0.134 e. The van der Waals surface area contributed by atoms with Crippen molar-refractivity contribution in [3.05, 3.63) is 24.3 Å². The number of unbranched alkanes of at least 4 members (excludes halogenated alkanes) is 1. The highest BCUT2D eigenvalue weighted by atomic mass is 32.2. The fourth-order valence-electron chi connectivity index (χ4n) is 1.20. The van der Waals surface area contributed by atoms with Crippen molar-refractivity contribution in [2.75, 3.05) is 12.9 Å². The van der Waals surface area contributed by atoms with Crippen LogP contribution in [-0.2, 0) is 10.8 Å². The molecule has 0 aliphatic carbocycles. The molecule has 0 aliphatic rings. The second kappa shape index (κ2) is 6.20. The third-order valence-corrected chi connectivity index (χ3v) is 3.42. The standard InChI is InChI=1S/C11H13NO2S/c1-14-10-6-2-3-7-11(10)15(13)9-5-4-8-12/h2-3,6-7H,4-5,9H2,1H3. The van der Waals surface area contributed by atoms with Crippen molar-refractivity contribution in [3.8, 4) is 11.8 Å². The third-order valence-electron chi connectivity index (χ3n) is 1.93. The van der Waals surface area contributed by atoms with Gasteiger partial charge in [-0.15, -0.1) is 0 Å². The first-order chi connectivity index (χ1) is 7.29. The molecule has 0 saturated carbocycles. The van der Waals surface area contributed by atoms with Gasteiger partial charge in [-0.2, -0.15) is 5.26 Å². The van der Waals surface area contributed by atoms with Gasteiger partial charge in [0.15, 0.2) is 0 Å². The van der Waals surface area contributed by atoms with E-state index in [1.54, 1.807) is 19.2 Å². The van der Waals surface area contributed by atoms with Gasteiger partial charge in [-0.1, -0.05) is 12.1 Å². The van der Waals surface area contributed by atoms with E-state index in [4.69, 9.17) is 10.00 Å². The van der Waals surface area contributed by atoms with Crippen LogP contribution in [0.3, 0.4) is 0 Å². The molecule has 1 aromatic carbocycles. The molecule has 1 rings (SSSR count). The van der Waals surface area contributed by atoms with Gasteiger partial charge in [-0.05, 0) is 18.6 Å². The number of para-hydroxylation sites is 1. The Morgan fingerprint density at radius 1 is 1.47 bits per heavy atom. The summed E-state index contributed by atoms with van der Waals surface area (Å²) in [7, 11) is 0.488. The van der Waals surface area contributed by atoms with Gasteiger partial charge in [-0.25, -0.2) is 0 Å². The molecular formula is C11H13NO2S. The summed E-state index contributed by atoms with van der Waals surface area (Å²) < 4.78 is 16.9. The molecule has 0 N–H and O–H groups in total. The molecule has 1 aromatic rings. The summed E-state index contributed by atoms with van der Waals surface area (Å²) in [5.74, 6) is 1.15. The van der Waals surface area contributed by atoms with Crippen LogP contribution in [0.2, 0.25) is 0 Å². The van der Waals surface area contributed by atoms with E-state index in [2.05, 4.69) is 0 Å². The molecule has 1 atom stereocenters. The van der Waals surface area contributed by atoms with Gasteiger partial charge in [0, 0.05) is 12.2 Å². The number of methoxy groups -OCH3 is 1. The van der Waals surface area contributed by atoms with Crippen LogP contribution in [0.4, 0.5) is 0 Å². The number of benzene rings is 1. The van der Waals surface area contributed by atoms with Gasteiger partial charge < -0.3 is 4.74 Å². The minimum absolute atomic E-state index is 0.445. The zero-order valence-electron chi connectivity index (χ0n) is 8.60. The first-order valence-corrected chi connectivity index (χ1v) is 6.00. The Morgan fingerprint density at radius 3 is 2.87 bits per heavy atom. The lowest BCUT2D eigenvalue weighted by Crippen LogP contribution is -2.00. The lowest BCUT2D eigenvalue weighted by molar-refractivity contribution is 0.404. The average molecular weight is 223 g/mol. The van der Waals surface area contributed by atoms with Crippen molar-refractivity contribution in [2.24, 2.45) is 0 Å². The van der Waals surface area contributed by atoms with E-state index < -0.39 is 10.8 Å². The van der Waals surface area contributed by atoms with E-state index in [9.17, 15) is 4.21 Å². The molecule has 0 bridgehead atoms. The molecule has 4 heteroatoms. The van der Waals surface area contributed by atoms with Crippen LogP contribution in [0.1, 0.15) is 12.8 Å². The van der Waals surface area contributed by atoms with Crippen molar-refractivity contribution >= 4 is 10.8 Å². The summed E-state index contributed by atoms with van der Waals surface area (Å²) in [4.78, 5) is 0.706. The number of nitrogens with zero attached hydrogens (tertiary/aromatic N) is 1. The number of hydrogen-bond donors (Lipinski definition) is 0. The quantitative estimate of drug-likeness (QED) is 0.718. The second-order valence-corrected chi connectivity index (χ2v) is 4.50. The predicted molar refractivity (Wildman–Crippen MR) is 59.1 cm³/mol. The van der Waals surface area contributed by atoms with E-state index in [-0.39, 0.29) is 0 Å². The van der Waals surface area contributed by atoms with Crippen molar-refractivity contribution in [2.45, 2.75) is 17.7 Å². The number of ether oxygens (including phenoxy) is 1. The van der Waals surface area contributed by atoms with E-state index in [1.165, 1.54) is 0 Å². The van der Waals surface area contributed by atoms with Crippen molar-refractivity contribution in [1.82, 2.24) is 0 Å². The molecule has 15 heavy (non-hydrogen) atoms. The normalized spacial score (nSPS) is 11.7. The molecule has 1 unspecified atom stereocenters. The molecular weight excluding hydrogens is 210 g/mol.